The topological polar surface area (TPSA) is 131 Å². The predicted molar refractivity (Wildman–Crippen MR) is 163 cm³/mol. The van der Waals surface area contributed by atoms with Gasteiger partial charge in [0.2, 0.25) is 0 Å². The van der Waals surface area contributed by atoms with E-state index >= 15 is 0 Å². The second kappa shape index (κ2) is 16.0. The lowest BCUT2D eigenvalue weighted by Gasteiger charge is -2.15. The average Bonchev–Trinajstić information content (AvgIpc) is 3.56. The molecule has 232 valence electrons. The van der Waals surface area contributed by atoms with Crippen LogP contribution < -0.4 is 14.8 Å². The molecule has 0 amide bonds. The van der Waals surface area contributed by atoms with E-state index in [-0.39, 0.29) is 17.6 Å². The molecule has 1 aliphatic carbocycles. The molecule has 0 bridgehead atoms. The highest BCUT2D eigenvalue weighted by Gasteiger charge is 2.30. The van der Waals surface area contributed by atoms with Gasteiger partial charge in [0, 0.05) is 19.0 Å². The molecule has 3 aromatic rings. The molecule has 0 aromatic heterocycles. The lowest BCUT2D eigenvalue weighted by atomic mass is 10.0. The number of aliphatic hydroxyl groups is 2. The summed E-state index contributed by atoms with van der Waals surface area (Å²) in [5, 5.41) is 23.0. The van der Waals surface area contributed by atoms with Crippen molar-refractivity contribution in [2.24, 2.45) is 0 Å². The first kappa shape index (κ1) is 32.6. The van der Waals surface area contributed by atoms with Gasteiger partial charge in [-0.25, -0.2) is 8.42 Å². The van der Waals surface area contributed by atoms with Gasteiger partial charge in [-0.05, 0) is 78.9 Å². The zero-order valence-electron chi connectivity index (χ0n) is 24.5. The number of esters is 1. The normalized spacial score (nSPS) is 14.5. The van der Waals surface area contributed by atoms with Crippen LogP contribution in [0.5, 0.6) is 11.5 Å². The molecule has 0 heterocycles. The van der Waals surface area contributed by atoms with Crippen LogP contribution in [0.3, 0.4) is 0 Å². The summed E-state index contributed by atoms with van der Waals surface area (Å²) in [6, 6.07) is 19.7. The van der Waals surface area contributed by atoms with Gasteiger partial charge in [-0.1, -0.05) is 43.2 Å². The fourth-order valence-corrected chi connectivity index (χ4v) is 7.06. The van der Waals surface area contributed by atoms with Crippen molar-refractivity contribution in [2.45, 2.75) is 68.5 Å². The van der Waals surface area contributed by atoms with Crippen LogP contribution >= 0.6 is 0 Å². The summed E-state index contributed by atoms with van der Waals surface area (Å²) in [5.41, 5.74) is 3.01. The molecule has 3 N–H and O–H groups in total. The molecule has 4 rings (SSSR count). The maximum absolute atomic E-state index is 12.9. The Morgan fingerprint density at radius 3 is 2.49 bits per heavy atom. The van der Waals surface area contributed by atoms with Crippen LogP contribution in [0, 0.1) is 0 Å². The van der Waals surface area contributed by atoms with Crippen molar-refractivity contribution >= 4 is 15.8 Å². The molecule has 1 fully saturated rings. The van der Waals surface area contributed by atoms with Crippen molar-refractivity contribution in [1.29, 1.82) is 0 Å². The van der Waals surface area contributed by atoms with E-state index in [2.05, 4.69) is 5.32 Å². The number of hydrogen-bond acceptors (Lipinski definition) is 9. The Morgan fingerprint density at radius 1 is 1.00 bits per heavy atom. The van der Waals surface area contributed by atoms with Gasteiger partial charge in [0.1, 0.15) is 18.1 Å². The standard InChI is InChI=1S/C33H41NO8S/c1-24(36)42-33-14-11-27(20-28(33)22-35)32(37)21-34-16-15-25-9-12-29(13-10-25)41-18-17-40-23-26-5-4-8-31(19-26)43(38,39)30-6-2-3-7-30/h4-5,8-14,19-20,30,32,34-35,37H,2-3,6-7,15-18,21-23H2,1H3. The third kappa shape index (κ3) is 9.61. The molecular weight excluding hydrogens is 570 g/mol. The molecule has 1 atom stereocenters. The van der Waals surface area contributed by atoms with Gasteiger partial charge in [0.05, 0.1) is 36.1 Å². The maximum Gasteiger partial charge on any atom is 0.308 e. The van der Waals surface area contributed by atoms with Crippen LogP contribution in [0.15, 0.2) is 71.6 Å². The molecular formula is C33H41NO8S. The van der Waals surface area contributed by atoms with Gasteiger partial charge >= 0.3 is 5.97 Å². The van der Waals surface area contributed by atoms with Crippen molar-refractivity contribution in [3.8, 4) is 11.5 Å². The molecule has 0 aliphatic heterocycles. The lowest BCUT2D eigenvalue weighted by Crippen LogP contribution is -2.24. The van der Waals surface area contributed by atoms with E-state index in [9.17, 15) is 23.4 Å². The number of aliphatic hydroxyl groups excluding tert-OH is 2. The number of carbonyl (C=O) groups excluding carboxylic acids is 1. The van der Waals surface area contributed by atoms with Gasteiger partial charge in [-0.15, -0.1) is 0 Å². The number of carbonyl (C=O) groups is 1. The van der Waals surface area contributed by atoms with Crippen LogP contribution in [0.1, 0.15) is 61.0 Å². The second-order valence-corrected chi connectivity index (χ2v) is 13.0. The fourth-order valence-electron chi connectivity index (χ4n) is 5.14. The monoisotopic (exact) mass is 611 g/mol. The minimum atomic E-state index is -3.28. The van der Waals surface area contributed by atoms with Crippen LogP contribution in [0.2, 0.25) is 0 Å². The molecule has 3 aromatic carbocycles. The fraction of sp³-hybridized carbons (Fsp3) is 0.424. The van der Waals surface area contributed by atoms with Gasteiger partial charge in [-0.2, -0.15) is 0 Å². The number of hydrogen-bond donors (Lipinski definition) is 3. The van der Waals surface area contributed by atoms with Crippen LogP contribution in [-0.2, 0) is 39.0 Å². The zero-order chi connectivity index (χ0) is 30.7. The van der Waals surface area contributed by atoms with E-state index in [0.717, 1.165) is 49.0 Å². The third-order valence-electron chi connectivity index (χ3n) is 7.48. The summed E-state index contributed by atoms with van der Waals surface area (Å²) in [4.78, 5) is 11.6. The Morgan fingerprint density at radius 2 is 1.77 bits per heavy atom. The summed E-state index contributed by atoms with van der Waals surface area (Å²) in [6.07, 6.45) is 3.43. The largest absolute Gasteiger partial charge is 0.491 e. The molecule has 9 nitrogen and oxygen atoms in total. The number of sulfone groups is 1. The van der Waals surface area contributed by atoms with E-state index in [1.54, 1.807) is 36.4 Å². The lowest BCUT2D eigenvalue weighted by molar-refractivity contribution is -0.131. The second-order valence-electron chi connectivity index (χ2n) is 10.7. The highest BCUT2D eigenvalue weighted by molar-refractivity contribution is 7.92. The van der Waals surface area contributed by atoms with Crippen LogP contribution in [0.4, 0.5) is 0 Å². The number of nitrogens with one attached hydrogen (secondary N) is 1. The molecule has 0 spiro atoms. The van der Waals surface area contributed by atoms with Crippen LogP contribution in [-0.4, -0.2) is 56.2 Å². The summed E-state index contributed by atoms with van der Waals surface area (Å²) in [6.45, 7) is 3.06. The minimum Gasteiger partial charge on any atom is -0.491 e. The first-order valence-corrected chi connectivity index (χ1v) is 16.2. The molecule has 10 heteroatoms. The summed E-state index contributed by atoms with van der Waals surface area (Å²) in [5.74, 6) is 0.549. The predicted octanol–water partition coefficient (Wildman–Crippen LogP) is 4.28. The van der Waals surface area contributed by atoms with Gasteiger partial charge in [-0.3, -0.25) is 4.79 Å². The molecule has 1 unspecified atom stereocenters. The summed E-state index contributed by atoms with van der Waals surface area (Å²) >= 11 is 0. The highest BCUT2D eigenvalue weighted by Crippen LogP contribution is 2.30. The first-order chi connectivity index (χ1) is 20.8. The Hall–Kier alpha value is -3.28. The Balaban J connectivity index is 1.13. The number of rotatable bonds is 16. The Labute approximate surface area is 253 Å². The SMILES string of the molecule is CC(=O)Oc1ccc(C(O)CNCCc2ccc(OCCOCc3cccc(S(=O)(=O)C4CCCC4)c3)cc2)cc1CO. The van der Waals surface area contributed by atoms with Crippen molar-refractivity contribution < 1.29 is 37.6 Å². The van der Waals surface area contributed by atoms with Crippen molar-refractivity contribution in [3.63, 3.8) is 0 Å². The Bertz CT molecular complexity index is 1440. The molecule has 1 aliphatic rings. The number of benzene rings is 3. The van der Waals surface area contributed by atoms with E-state index in [4.69, 9.17) is 14.2 Å². The van der Waals surface area contributed by atoms with Gasteiger partial charge in [0.25, 0.3) is 0 Å². The van der Waals surface area contributed by atoms with Crippen molar-refractivity contribution in [1.82, 2.24) is 5.32 Å². The highest BCUT2D eigenvalue weighted by atomic mass is 32.2. The number of ether oxygens (including phenoxy) is 3. The molecule has 0 saturated heterocycles. The first-order valence-electron chi connectivity index (χ1n) is 14.7. The minimum absolute atomic E-state index is 0.264. The molecule has 0 radical (unpaired) electrons. The summed E-state index contributed by atoms with van der Waals surface area (Å²) in [7, 11) is -3.28. The van der Waals surface area contributed by atoms with Gasteiger partial charge in [0.15, 0.2) is 9.84 Å². The molecule has 43 heavy (non-hydrogen) atoms. The van der Waals surface area contributed by atoms with E-state index in [1.807, 2.05) is 30.3 Å². The van der Waals surface area contributed by atoms with Gasteiger partial charge < -0.3 is 29.7 Å². The maximum atomic E-state index is 12.9. The zero-order valence-corrected chi connectivity index (χ0v) is 25.4. The molecule has 1 saturated carbocycles. The van der Waals surface area contributed by atoms with Crippen molar-refractivity contribution in [3.05, 3.63) is 89.0 Å². The smallest absolute Gasteiger partial charge is 0.308 e. The summed E-state index contributed by atoms with van der Waals surface area (Å²) < 4.78 is 42.3. The van der Waals surface area contributed by atoms with E-state index < -0.39 is 21.9 Å². The quantitative estimate of drug-likeness (QED) is 0.123. The van der Waals surface area contributed by atoms with E-state index in [0.29, 0.717) is 48.9 Å². The average molecular weight is 612 g/mol. The van der Waals surface area contributed by atoms with Crippen molar-refractivity contribution in [2.75, 3.05) is 26.3 Å². The van der Waals surface area contributed by atoms with Crippen LogP contribution in [0.25, 0.3) is 0 Å². The van der Waals surface area contributed by atoms with E-state index in [1.165, 1.54) is 6.92 Å². The third-order valence-corrected chi connectivity index (χ3v) is 9.74. The Kier molecular flexibility index (Phi) is 12.1.